The average Bonchev–Trinajstić information content (AvgIpc) is 3.49. The number of urea groups is 1. The molecule has 2 fully saturated rings. The number of benzene rings is 2. The Kier molecular flexibility index (Phi) is 9.13. The van der Waals surface area contributed by atoms with E-state index >= 15 is 0 Å². The summed E-state index contributed by atoms with van der Waals surface area (Å²) in [7, 11) is 0. The van der Waals surface area contributed by atoms with E-state index in [1.54, 1.807) is 34.1 Å². The summed E-state index contributed by atoms with van der Waals surface area (Å²) in [4.78, 5) is 58.5. The van der Waals surface area contributed by atoms with Crippen molar-refractivity contribution in [2.45, 2.75) is 44.7 Å². The molecule has 5 aromatic rings. The summed E-state index contributed by atoms with van der Waals surface area (Å²) >= 11 is 6.49. The van der Waals surface area contributed by atoms with Gasteiger partial charge in [-0.2, -0.15) is 0 Å². The van der Waals surface area contributed by atoms with Gasteiger partial charge in [0.25, 0.3) is 0 Å². The molecule has 0 bridgehead atoms. The summed E-state index contributed by atoms with van der Waals surface area (Å²) in [5, 5.41) is 4.41. The van der Waals surface area contributed by atoms with Crippen LogP contribution in [0.3, 0.4) is 0 Å². The van der Waals surface area contributed by atoms with Gasteiger partial charge in [-0.15, -0.1) is 0 Å². The Morgan fingerprint density at radius 1 is 1.02 bits per heavy atom. The monoisotopic (exact) mass is 681 g/mol. The van der Waals surface area contributed by atoms with Gasteiger partial charge in [0, 0.05) is 75.2 Å². The smallest absolute Gasteiger partial charge is 0.326 e. The Bertz CT molecular complexity index is 2050. The number of nitrogens with one attached hydrogen (secondary N) is 2. The van der Waals surface area contributed by atoms with Crippen molar-refractivity contribution < 1.29 is 9.59 Å². The maximum absolute atomic E-state index is 14.1. The number of H-pyrrole nitrogens is 1. The second kappa shape index (κ2) is 13.8. The predicted octanol–water partition coefficient (Wildman–Crippen LogP) is 4.38. The number of piperazine rings is 1. The van der Waals surface area contributed by atoms with E-state index in [0.717, 1.165) is 38.8 Å². The molecule has 1 atom stereocenters. The molecule has 7 rings (SSSR count). The zero-order chi connectivity index (χ0) is 34.1. The van der Waals surface area contributed by atoms with E-state index in [2.05, 4.69) is 25.2 Å². The Hall–Kier alpha value is -5.10. The van der Waals surface area contributed by atoms with Gasteiger partial charge in [0.05, 0.1) is 33.5 Å². The number of nitrogen functional groups attached to an aromatic ring is 1. The molecule has 4 N–H and O–H groups in total. The fourth-order valence-corrected chi connectivity index (χ4v) is 7.46. The van der Waals surface area contributed by atoms with Crippen molar-refractivity contribution >= 4 is 56.9 Å². The third kappa shape index (κ3) is 6.52. The van der Waals surface area contributed by atoms with Gasteiger partial charge in [-0.3, -0.25) is 19.3 Å². The first kappa shape index (κ1) is 32.4. The number of hydrogen-bond acceptors (Lipinski definition) is 7. The molecule has 49 heavy (non-hydrogen) atoms. The molecule has 254 valence electrons. The topological polar surface area (TPSA) is 145 Å². The Balaban J connectivity index is 1.06. The van der Waals surface area contributed by atoms with Crippen molar-refractivity contribution in [3.63, 3.8) is 0 Å². The van der Waals surface area contributed by atoms with Crippen LogP contribution >= 0.6 is 11.6 Å². The quantitative estimate of drug-likeness (QED) is 0.216. The Labute approximate surface area is 288 Å². The van der Waals surface area contributed by atoms with Gasteiger partial charge in [-0.25, -0.2) is 9.59 Å². The highest BCUT2D eigenvalue weighted by Crippen LogP contribution is 2.29. The molecule has 5 heterocycles. The second-order valence-corrected chi connectivity index (χ2v) is 13.2. The number of rotatable bonds is 7. The summed E-state index contributed by atoms with van der Waals surface area (Å²) in [6, 6.07) is 14.2. The lowest BCUT2D eigenvalue weighted by molar-refractivity contribution is -0.133. The number of para-hydroxylation sites is 1. The van der Waals surface area contributed by atoms with Crippen LogP contribution in [-0.4, -0.2) is 86.6 Å². The number of fused-ring (bicyclic) bond motifs is 3. The van der Waals surface area contributed by atoms with Gasteiger partial charge in [0.1, 0.15) is 6.04 Å². The lowest BCUT2D eigenvalue weighted by atomic mass is 9.99. The fraction of sp³-hybridized carbons (Fsp3) is 0.361. The number of pyridine rings is 2. The average molecular weight is 682 g/mol. The number of nitrogens with two attached hydrogens (primary N) is 1. The number of nitrogens with zero attached hydrogens (tertiary/aromatic N) is 6. The summed E-state index contributed by atoms with van der Waals surface area (Å²) in [5.41, 5.74) is 11.7. The number of halogens is 1. The Morgan fingerprint density at radius 3 is 2.49 bits per heavy atom. The molecule has 2 aliphatic heterocycles. The van der Waals surface area contributed by atoms with Crippen LogP contribution in [0, 0.1) is 0 Å². The van der Waals surface area contributed by atoms with Crippen molar-refractivity contribution in [3.8, 4) is 0 Å². The molecule has 0 aliphatic carbocycles. The molecule has 2 saturated heterocycles. The fourth-order valence-electron chi connectivity index (χ4n) is 7.19. The van der Waals surface area contributed by atoms with Crippen LogP contribution in [0.1, 0.15) is 36.9 Å². The maximum Gasteiger partial charge on any atom is 0.326 e. The standard InChI is InChI=1S/C36H40ClN9O3/c1-2-24-19-23(20-28(37)32(24)38)21-30(34(47)44-17-15-43(16-18-44)25-7-11-39-12-8-25)41-35(48)45-13-9-26(10-14-45)46-31-22-40-29-6-4-3-5-27(29)33(31)42-36(46)49/h3-8,11-12,19-20,22,26,30H,2,9-10,13-18,21,38H2,1H3,(H,41,48)(H,42,49)/t30-/m1/s1. The molecule has 0 saturated carbocycles. The van der Waals surface area contributed by atoms with E-state index in [9.17, 15) is 14.4 Å². The van der Waals surface area contributed by atoms with Crippen molar-refractivity contribution in [1.82, 2.24) is 34.6 Å². The number of aromatic nitrogens is 4. The SMILES string of the molecule is CCc1cc(C[C@@H](NC(=O)N2CCC(n3c(=O)[nH]c4c5ccccc5ncc43)CC2)C(=O)N2CCN(c3ccncc3)CC2)cc(Cl)c1N. The van der Waals surface area contributed by atoms with E-state index in [1.165, 1.54) is 0 Å². The van der Waals surface area contributed by atoms with E-state index in [4.69, 9.17) is 17.3 Å². The molecule has 0 radical (unpaired) electrons. The number of imidazole rings is 1. The van der Waals surface area contributed by atoms with Gasteiger partial charge in [0.15, 0.2) is 0 Å². The minimum Gasteiger partial charge on any atom is -0.397 e. The number of hydrogen-bond donors (Lipinski definition) is 3. The largest absolute Gasteiger partial charge is 0.397 e. The predicted molar refractivity (Wildman–Crippen MR) is 192 cm³/mol. The molecular formula is C36H40ClN9O3. The van der Waals surface area contributed by atoms with Crippen molar-refractivity contribution in [1.29, 1.82) is 0 Å². The van der Waals surface area contributed by atoms with Gasteiger partial charge in [0.2, 0.25) is 5.91 Å². The first-order valence-electron chi connectivity index (χ1n) is 16.8. The lowest BCUT2D eigenvalue weighted by Crippen LogP contribution is -2.57. The normalized spacial score (nSPS) is 16.3. The molecule has 0 unspecified atom stereocenters. The molecule has 2 aromatic carbocycles. The first-order valence-corrected chi connectivity index (χ1v) is 17.2. The van der Waals surface area contributed by atoms with Crippen LogP contribution in [0.5, 0.6) is 0 Å². The molecule has 3 aromatic heterocycles. The molecule has 2 aliphatic rings. The number of aromatic amines is 1. The van der Waals surface area contributed by atoms with Gasteiger partial charge in [-0.1, -0.05) is 42.8 Å². The number of amides is 3. The highest BCUT2D eigenvalue weighted by Gasteiger charge is 2.32. The highest BCUT2D eigenvalue weighted by atomic mass is 35.5. The maximum atomic E-state index is 14.1. The number of piperidine rings is 1. The number of carbonyl (C=O) groups excluding carboxylic acids is 2. The third-order valence-corrected chi connectivity index (χ3v) is 10.2. The number of aryl methyl sites for hydroxylation is 1. The van der Waals surface area contributed by atoms with E-state index in [0.29, 0.717) is 69.2 Å². The van der Waals surface area contributed by atoms with Crippen LogP contribution in [-0.2, 0) is 17.6 Å². The lowest BCUT2D eigenvalue weighted by Gasteiger charge is -2.38. The molecular weight excluding hydrogens is 642 g/mol. The number of likely N-dealkylation sites (tertiary alicyclic amines) is 1. The van der Waals surface area contributed by atoms with Crippen LogP contribution in [0.25, 0.3) is 21.9 Å². The van der Waals surface area contributed by atoms with Crippen molar-refractivity contribution in [2.75, 3.05) is 49.9 Å². The van der Waals surface area contributed by atoms with E-state index in [-0.39, 0.29) is 30.1 Å². The zero-order valence-corrected chi connectivity index (χ0v) is 28.2. The number of anilines is 2. The third-order valence-electron chi connectivity index (χ3n) is 9.89. The van der Waals surface area contributed by atoms with Gasteiger partial charge in [-0.05, 0) is 54.7 Å². The van der Waals surface area contributed by atoms with Crippen LogP contribution in [0.2, 0.25) is 5.02 Å². The minimum absolute atomic E-state index is 0.0910. The van der Waals surface area contributed by atoms with Crippen molar-refractivity contribution in [2.24, 2.45) is 0 Å². The summed E-state index contributed by atoms with van der Waals surface area (Å²) in [6.45, 7) is 5.30. The summed E-state index contributed by atoms with van der Waals surface area (Å²) < 4.78 is 1.78. The van der Waals surface area contributed by atoms with Crippen LogP contribution < -0.4 is 21.6 Å². The summed E-state index contributed by atoms with van der Waals surface area (Å²) in [5.74, 6) is -0.131. The van der Waals surface area contributed by atoms with E-state index in [1.807, 2.05) is 54.3 Å². The molecule has 13 heteroatoms. The first-order chi connectivity index (χ1) is 23.8. The Morgan fingerprint density at radius 2 is 1.76 bits per heavy atom. The molecule has 3 amide bonds. The summed E-state index contributed by atoms with van der Waals surface area (Å²) in [6.07, 6.45) is 7.44. The highest BCUT2D eigenvalue weighted by molar-refractivity contribution is 6.33. The van der Waals surface area contributed by atoms with Crippen molar-refractivity contribution in [3.05, 3.63) is 93.8 Å². The van der Waals surface area contributed by atoms with Gasteiger partial charge >= 0.3 is 11.7 Å². The number of carbonyl (C=O) groups is 2. The minimum atomic E-state index is -0.794. The van der Waals surface area contributed by atoms with Crippen LogP contribution in [0.4, 0.5) is 16.2 Å². The second-order valence-electron chi connectivity index (χ2n) is 12.8. The van der Waals surface area contributed by atoms with Crippen LogP contribution in [0.15, 0.2) is 71.9 Å². The van der Waals surface area contributed by atoms with Gasteiger partial charge < -0.3 is 30.7 Å². The zero-order valence-electron chi connectivity index (χ0n) is 27.4. The molecule has 0 spiro atoms. The molecule has 12 nitrogen and oxygen atoms in total. The van der Waals surface area contributed by atoms with E-state index < -0.39 is 6.04 Å².